The number of hydrogen-bond acceptors (Lipinski definition) is 3. The molecule has 0 fully saturated rings. The first kappa shape index (κ1) is 10.1. The van der Waals surface area contributed by atoms with Crippen molar-refractivity contribution in [2.45, 2.75) is 6.92 Å². The molecule has 0 unspecified atom stereocenters. The minimum absolute atomic E-state index is 0.334. The van der Waals surface area contributed by atoms with Crippen LogP contribution in [-0.2, 0) is 0 Å². The number of carbonyl (C=O) groups is 1. The minimum atomic E-state index is -0.334. The standard InChI is InChI=1S/C9H9BrN4O/c1-4-7(10)2-5-6(9(15)14-11)3-12-8(5)13-4/h2-3H,11H2,1H3,(H,12,13)(H,14,15). The number of H-pyrrole nitrogens is 1. The Balaban J connectivity index is 2.69. The number of fused-ring (bicyclic) bond motifs is 1. The van der Waals surface area contributed by atoms with Crippen LogP contribution in [0, 0.1) is 6.92 Å². The Morgan fingerprint density at radius 1 is 1.67 bits per heavy atom. The number of hydrazine groups is 1. The first-order chi connectivity index (χ1) is 7.13. The molecule has 0 saturated carbocycles. The lowest BCUT2D eigenvalue weighted by atomic mass is 10.2. The van der Waals surface area contributed by atoms with E-state index in [9.17, 15) is 4.79 Å². The van der Waals surface area contributed by atoms with E-state index in [0.29, 0.717) is 11.2 Å². The van der Waals surface area contributed by atoms with E-state index in [-0.39, 0.29) is 5.91 Å². The SMILES string of the molecule is Cc1nc2[nH]cc(C(=O)NN)c2cc1Br. The molecule has 6 heteroatoms. The number of carbonyl (C=O) groups excluding carboxylic acids is 1. The molecule has 2 aromatic heterocycles. The van der Waals surface area contributed by atoms with E-state index < -0.39 is 0 Å². The molecule has 4 N–H and O–H groups in total. The Hall–Kier alpha value is -1.40. The van der Waals surface area contributed by atoms with Crippen molar-refractivity contribution in [2.75, 3.05) is 0 Å². The van der Waals surface area contributed by atoms with Crippen LogP contribution in [0.2, 0.25) is 0 Å². The number of aromatic amines is 1. The number of nitrogen functional groups attached to an aromatic ring is 1. The number of rotatable bonds is 1. The van der Waals surface area contributed by atoms with Crippen LogP contribution in [0.4, 0.5) is 0 Å². The van der Waals surface area contributed by atoms with Gasteiger partial charge in [-0.15, -0.1) is 0 Å². The van der Waals surface area contributed by atoms with Gasteiger partial charge in [0.05, 0.1) is 11.3 Å². The van der Waals surface area contributed by atoms with E-state index in [4.69, 9.17) is 5.84 Å². The molecule has 0 saturated heterocycles. The fourth-order valence-corrected chi connectivity index (χ4v) is 1.70. The Morgan fingerprint density at radius 3 is 3.07 bits per heavy atom. The van der Waals surface area contributed by atoms with E-state index in [1.165, 1.54) is 0 Å². The second-order valence-electron chi connectivity index (χ2n) is 3.13. The van der Waals surface area contributed by atoms with Gasteiger partial charge < -0.3 is 4.98 Å². The van der Waals surface area contributed by atoms with Gasteiger partial charge in [-0.1, -0.05) is 0 Å². The summed E-state index contributed by atoms with van der Waals surface area (Å²) in [6, 6.07) is 1.85. The average molecular weight is 269 g/mol. The van der Waals surface area contributed by atoms with Crippen molar-refractivity contribution in [1.29, 1.82) is 0 Å². The van der Waals surface area contributed by atoms with Gasteiger partial charge in [-0.2, -0.15) is 0 Å². The number of nitrogens with zero attached hydrogens (tertiary/aromatic N) is 1. The average Bonchev–Trinajstić information content (AvgIpc) is 2.61. The third kappa shape index (κ3) is 1.62. The van der Waals surface area contributed by atoms with Crippen LogP contribution in [-0.4, -0.2) is 15.9 Å². The monoisotopic (exact) mass is 268 g/mol. The molecule has 2 rings (SSSR count). The third-order valence-electron chi connectivity index (χ3n) is 2.17. The van der Waals surface area contributed by atoms with Crippen molar-refractivity contribution in [3.63, 3.8) is 0 Å². The van der Waals surface area contributed by atoms with Gasteiger partial charge in [0.15, 0.2) is 0 Å². The van der Waals surface area contributed by atoms with Gasteiger partial charge in [0, 0.05) is 16.1 Å². The second kappa shape index (κ2) is 3.63. The molecule has 15 heavy (non-hydrogen) atoms. The summed E-state index contributed by atoms with van der Waals surface area (Å²) >= 11 is 3.37. The molecule has 2 aromatic rings. The highest BCUT2D eigenvalue weighted by atomic mass is 79.9. The maximum Gasteiger partial charge on any atom is 0.267 e. The number of aryl methyl sites for hydroxylation is 1. The van der Waals surface area contributed by atoms with E-state index >= 15 is 0 Å². The molecule has 5 nitrogen and oxygen atoms in total. The van der Waals surface area contributed by atoms with Crippen LogP contribution in [0.3, 0.4) is 0 Å². The summed E-state index contributed by atoms with van der Waals surface area (Å²) < 4.78 is 0.862. The zero-order valence-electron chi connectivity index (χ0n) is 7.97. The van der Waals surface area contributed by atoms with Crippen LogP contribution < -0.4 is 11.3 Å². The predicted molar refractivity (Wildman–Crippen MR) is 60.2 cm³/mol. The van der Waals surface area contributed by atoms with Crippen LogP contribution in [0.25, 0.3) is 11.0 Å². The Labute approximate surface area is 94.2 Å². The fraction of sp³-hybridized carbons (Fsp3) is 0.111. The van der Waals surface area contributed by atoms with E-state index in [1.54, 1.807) is 6.20 Å². The van der Waals surface area contributed by atoms with Gasteiger partial charge >= 0.3 is 0 Å². The van der Waals surface area contributed by atoms with Crippen molar-refractivity contribution in [2.24, 2.45) is 5.84 Å². The zero-order valence-corrected chi connectivity index (χ0v) is 9.55. The van der Waals surface area contributed by atoms with Crippen molar-refractivity contribution < 1.29 is 4.79 Å². The van der Waals surface area contributed by atoms with E-state index in [2.05, 4.69) is 31.3 Å². The molecule has 0 aromatic carbocycles. The first-order valence-electron chi connectivity index (χ1n) is 4.28. The highest BCUT2D eigenvalue weighted by molar-refractivity contribution is 9.10. The number of halogens is 1. The number of amides is 1. The molecule has 78 valence electrons. The number of nitrogens with one attached hydrogen (secondary N) is 2. The van der Waals surface area contributed by atoms with Gasteiger partial charge in [-0.3, -0.25) is 10.2 Å². The van der Waals surface area contributed by atoms with E-state index in [0.717, 1.165) is 15.6 Å². The van der Waals surface area contributed by atoms with Crippen molar-refractivity contribution in [1.82, 2.24) is 15.4 Å². The summed E-state index contributed by atoms with van der Waals surface area (Å²) in [5, 5.41) is 0.746. The lowest BCUT2D eigenvalue weighted by molar-refractivity contribution is 0.0955. The number of pyridine rings is 1. The molecule has 0 aliphatic rings. The molecule has 0 aliphatic carbocycles. The molecule has 0 radical (unpaired) electrons. The van der Waals surface area contributed by atoms with Gasteiger partial charge in [-0.25, -0.2) is 10.8 Å². The summed E-state index contributed by atoms with van der Waals surface area (Å²) in [6.45, 7) is 1.88. The summed E-state index contributed by atoms with van der Waals surface area (Å²) in [6.07, 6.45) is 1.59. The second-order valence-corrected chi connectivity index (χ2v) is 3.98. The van der Waals surface area contributed by atoms with Crippen molar-refractivity contribution >= 4 is 32.9 Å². The molecule has 0 bridgehead atoms. The van der Waals surface area contributed by atoms with Gasteiger partial charge in [0.25, 0.3) is 5.91 Å². The summed E-state index contributed by atoms with van der Waals surface area (Å²) in [5.41, 5.74) is 4.12. The number of aromatic nitrogens is 2. The summed E-state index contributed by atoms with van der Waals surface area (Å²) in [5.74, 6) is 4.74. The maximum absolute atomic E-state index is 11.4. The summed E-state index contributed by atoms with van der Waals surface area (Å²) in [4.78, 5) is 18.6. The smallest absolute Gasteiger partial charge is 0.267 e. The molecular weight excluding hydrogens is 260 g/mol. The first-order valence-corrected chi connectivity index (χ1v) is 5.08. The number of hydrogen-bond donors (Lipinski definition) is 3. The molecular formula is C9H9BrN4O. The number of nitrogens with two attached hydrogens (primary N) is 1. The van der Waals surface area contributed by atoms with Crippen LogP contribution in [0.15, 0.2) is 16.7 Å². The lowest BCUT2D eigenvalue weighted by Gasteiger charge is -1.99. The van der Waals surface area contributed by atoms with Crippen molar-refractivity contribution in [3.8, 4) is 0 Å². The molecule has 0 aliphatic heterocycles. The Kier molecular flexibility index (Phi) is 2.45. The minimum Gasteiger partial charge on any atom is -0.345 e. The Morgan fingerprint density at radius 2 is 2.40 bits per heavy atom. The van der Waals surface area contributed by atoms with Gasteiger partial charge in [-0.05, 0) is 28.9 Å². The molecule has 1 amide bonds. The molecule has 0 spiro atoms. The fourth-order valence-electron chi connectivity index (χ4n) is 1.38. The topological polar surface area (TPSA) is 83.8 Å². The molecule has 0 atom stereocenters. The highest BCUT2D eigenvalue weighted by Gasteiger charge is 2.12. The van der Waals surface area contributed by atoms with E-state index in [1.807, 2.05) is 13.0 Å². The summed E-state index contributed by atoms with van der Waals surface area (Å²) in [7, 11) is 0. The normalized spacial score (nSPS) is 10.6. The van der Waals surface area contributed by atoms with Gasteiger partial charge in [0.1, 0.15) is 5.65 Å². The third-order valence-corrected chi connectivity index (χ3v) is 2.97. The highest BCUT2D eigenvalue weighted by Crippen LogP contribution is 2.23. The molecule has 2 heterocycles. The quantitative estimate of drug-likeness (QED) is 0.413. The predicted octanol–water partition coefficient (Wildman–Crippen LogP) is 1.24. The lowest BCUT2D eigenvalue weighted by Crippen LogP contribution is -2.29. The maximum atomic E-state index is 11.4. The van der Waals surface area contributed by atoms with Crippen LogP contribution >= 0.6 is 15.9 Å². The largest absolute Gasteiger partial charge is 0.345 e. The van der Waals surface area contributed by atoms with Gasteiger partial charge in [0.2, 0.25) is 0 Å². The van der Waals surface area contributed by atoms with Crippen LogP contribution in [0.5, 0.6) is 0 Å². The van der Waals surface area contributed by atoms with Crippen molar-refractivity contribution in [3.05, 3.63) is 28.0 Å². The van der Waals surface area contributed by atoms with Crippen LogP contribution in [0.1, 0.15) is 16.1 Å². The Bertz CT molecular complexity index is 534. The zero-order chi connectivity index (χ0) is 11.0.